The molecule has 0 aromatic heterocycles. The summed E-state index contributed by atoms with van der Waals surface area (Å²) in [6.45, 7) is 1.54. The summed E-state index contributed by atoms with van der Waals surface area (Å²) in [5.41, 5.74) is 2.27. The van der Waals surface area contributed by atoms with Gasteiger partial charge in [0, 0.05) is 29.1 Å². The number of aliphatic hydroxyl groups is 1. The van der Waals surface area contributed by atoms with Crippen molar-refractivity contribution in [3.8, 4) is 0 Å². The van der Waals surface area contributed by atoms with Crippen molar-refractivity contribution in [3.05, 3.63) is 83.4 Å². The average Bonchev–Trinajstić information content (AvgIpc) is 3.25. The molecule has 5 rings (SSSR count). The Kier molecular flexibility index (Phi) is 5.30. The van der Waals surface area contributed by atoms with E-state index in [0.717, 1.165) is 35.7 Å². The third-order valence-electron chi connectivity index (χ3n) is 6.64. The molecule has 2 aliphatic heterocycles. The molecule has 1 N–H and O–H groups in total. The molecular formula is C26H26N2O3. The second-order valence-electron chi connectivity index (χ2n) is 8.51. The highest BCUT2D eigenvalue weighted by molar-refractivity contribution is 6.25. The van der Waals surface area contributed by atoms with Crippen LogP contribution >= 0.6 is 0 Å². The highest BCUT2D eigenvalue weighted by Gasteiger charge is 2.39. The number of carbonyl (C=O) groups excluding carboxylic acids is 2. The highest BCUT2D eigenvalue weighted by Crippen LogP contribution is 2.32. The van der Waals surface area contributed by atoms with E-state index in [2.05, 4.69) is 4.90 Å². The van der Waals surface area contributed by atoms with Crippen LogP contribution < -0.4 is 0 Å². The number of hydrogen-bond donors (Lipinski definition) is 1. The summed E-state index contributed by atoms with van der Waals surface area (Å²) >= 11 is 0. The third-order valence-corrected chi connectivity index (χ3v) is 6.64. The zero-order chi connectivity index (χ0) is 21.4. The van der Waals surface area contributed by atoms with Gasteiger partial charge in [-0.1, -0.05) is 54.6 Å². The smallest absolute Gasteiger partial charge is 0.261 e. The van der Waals surface area contributed by atoms with E-state index in [4.69, 9.17) is 0 Å². The molecule has 1 fully saturated rings. The van der Waals surface area contributed by atoms with Crippen LogP contribution in [0.2, 0.25) is 0 Å². The van der Waals surface area contributed by atoms with Crippen molar-refractivity contribution in [2.45, 2.75) is 31.3 Å². The molecule has 0 unspecified atom stereocenters. The number of benzene rings is 3. The van der Waals surface area contributed by atoms with Gasteiger partial charge in [-0.3, -0.25) is 19.4 Å². The molecule has 2 aliphatic rings. The Balaban J connectivity index is 1.55. The first kappa shape index (κ1) is 19.9. The van der Waals surface area contributed by atoms with E-state index in [1.807, 2.05) is 66.7 Å². The Labute approximate surface area is 181 Å². The quantitative estimate of drug-likeness (QED) is 0.627. The molecule has 2 atom stereocenters. The molecule has 2 amide bonds. The van der Waals surface area contributed by atoms with E-state index in [-0.39, 0.29) is 30.5 Å². The van der Waals surface area contributed by atoms with E-state index in [9.17, 15) is 14.7 Å². The number of imide groups is 1. The normalized spacial score (nSPS) is 19.9. The lowest BCUT2D eigenvalue weighted by Gasteiger charge is -2.37. The van der Waals surface area contributed by atoms with Crippen LogP contribution in [0.5, 0.6) is 0 Å². The van der Waals surface area contributed by atoms with Gasteiger partial charge in [0.15, 0.2) is 0 Å². The maximum atomic E-state index is 13.6. The zero-order valence-corrected chi connectivity index (χ0v) is 17.4. The first-order chi connectivity index (χ1) is 15.2. The summed E-state index contributed by atoms with van der Waals surface area (Å²) < 4.78 is 0. The van der Waals surface area contributed by atoms with Gasteiger partial charge < -0.3 is 5.11 Å². The predicted octanol–water partition coefficient (Wildman–Crippen LogP) is 3.50. The fourth-order valence-corrected chi connectivity index (χ4v) is 5.12. The second kappa shape index (κ2) is 8.25. The summed E-state index contributed by atoms with van der Waals surface area (Å²) in [7, 11) is 0. The van der Waals surface area contributed by atoms with Crippen molar-refractivity contribution in [1.82, 2.24) is 9.80 Å². The van der Waals surface area contributed by atoms with Gasteiger partial charge in [0.1, 0.15) is 0 Å². The summed E-state index contributed by atoms with van der Waals surface area (Å²) in [5.74, 6) is -0.454. The van der Waals surface area contributed by atoms with Crippen molar-refractivity contribution < 1.29 is 14.7 Å². The molecule has 5 nitrogen and oxygen atoms in total. The van der Waals surface area contributed by atoms with Crippen molar-refractivity contribution in [3.63, 3.8) is 0 Å². The maximum Gasteiger partial charge on any atom is 0.261 e. The zero-order valence-electron chi connectivity index (χ0n) is 17.4. The maximum absolute atomic E-state index is 13.6. The molecule has 0 bridgehead atoms. The Bertz CT molecular complexity index is 1080. The molecule has 31 heavy (non-hydrogen) atoms. The van der Waals surface area contributed by atoms with Crippen LogP contribution in [0.25, 0.3) is 10.8 Å². The standard InChI is InChI=1S/C26H26N2O3/c29-17-20-11-6-14-27(20)16-21(15-18-7-2-1-3-8-18)28-25(30)22-12-4-9-19-10-5-13-23(24(19)22)26(28)31/h1-5,7-10,12-13,20-21,29H,6,11,14-17H2/t20-,21-/m0/s1. The first-order valence-corrected chi connectivity index (χ1v) is 11.0. The van der Waals surface area contributed by atoms with Gasteiger partial charge in [-0.25, -0.2) is 0 Å². The van der Waals surface area contributed by atoms with Crippen LogP contribution in [0.1, 0.15) is 39.1 Å². The first-order valence-electron chi connectivity index (χ1n) is 11.0. The lowest BCUT2D eigenvalue weighted by molar-refractivity contribution is 0.0475. The molecule has 5 heteroatoms. The van der Waals surface area contributed by atoms with Gasteiger partial charge in [-0.05, 0) is 48.9 Å². The predicted molar refractivity (Wildman–Crippen MR) is 120 cm³/mol. The molecule has 1 saturated heterocycles. The van der Waals surface area contributed by atoms with Crippen molar-refractivity contribution in [2.24, 2.45) is 0 Å². The summed E-state index contributed by atoms with van der Waals surface area (Å²) in [6.07, 6.45) is 2.55. The molecule has 0 aliphatic carbocycles. The van der Waals surface area contributed by atoms with Gasteiger partial charge in [0.25, 0.3) is 11.8 Å². The average molecular weight is 415 g/mol. The lowest BCUT2D eigenvalue weighted by Crippen LogP contribution is -2.53. The Morgan fingerprint density at radius 1 is 0.903 bits per heavy atom. The van der Waals surface area contributed by atoms with Gasteiger partial charge in [0.05, 0.1) is 12.6 Å². The minimum Gasteiger partial charge on any atom is -0.395 e. The minimum atomic E-state index is -0.307. The fourth-order valence-electron chi connectivity index (χ4n) is 5.12. The molecule has 0 saturated carbocycles. The monoisotopic (exact) mass is 414 g/mol. The molecule has 3 aromatic carbocycles. The number of rotatable bonds is 6. The van der Waals surface area contributed by atoms with Crippen LogP contribution in [0.3, 0.4) is 0 Å². The molecule has 2 heterocycles. The summed E-state index contributed by atoms with van der Waals surface area (Å²) in [4.78, 5) is 30.9. The van der Waals surface area contributed by atoms with Crippen LogP contribution in [-0.2, 0) is 6.42 Å². The van der Waals surface area contributed by atoms with Crippen LogP contribution in [0.15, 0.2) is 66.7 Å². The minimum absolute atomic E-state index is 0.0870. The van der Waals surface area contributed by atoms with E-state index >= 15 is 0 Å². The largest absolute Gasteiger partial charge is 0.395 e. The summed E-state index contributed by atoms with van der Waals surface area (Å²) in [6, 6.07) is 21.1. The third kappa shape index (κ3) is 3.54. The number of amides is 2. The Hall–Kier alpha value is -3.02. The van der Waals surface area contributed by atoms with Gasteiger partial charge in [-0.15, -0.1) is 0 Å². The van der Waals surface area contributed by atoms with E-state index < -0.39 is 0 Å². The number of hydrogen-bond acceptors (Lipinski definition) is 4. The highest BCUT2D eigenvalue weighted by atomic mass is 16.3. The van der Waals surface area contributed by atoms with Crippen LogP contribution in [-0.4, -0.2) is 58.5 Å². The van der Waals surface area contributed by atoms with Gasteiger partial charge >= 0.3 is 0 Å². The molecule has 0 spiro atoms. The van der Waals surface area contributed by atoms with Crippen molar-refractivity contribution in [2.75, 3.05) is 19.7 Å². The van der Waals surface area contributed by atoms with E-state index in [1.54, 1.807) is 0 Å². The summed E-state index contributed by atoms with van der Waals surface area (Å²) in [5, 5.41) is 11.5. The molecule has 0 radical (unpaired) electrons. The number of nitrogens with zero attached hydrogens (tertiary/aromatic N) is 2. The van der Waals surface area contributed by atoms with Crippen LogP contribution in [0, 0.1) is 0 Å². The topological polar surface area (TPSA) is 60.9 Å². The van der Waals surface area contributed by atoms with Crippen molar-refractivity contribution in [1.29, 1.82) is 0 Å². The lowest BCUT2D eigenvalue weighted by atomic mass is 9.92. The van der Waals surface area contributed by atoms with Gasteiger partial charge in [-0.2, -0.15) is 0 Å². The van der Waals surface area contributed by atoms with Crippen LogP contribution in [0.4, 0.5) is 0 Å². The Morgan fingerprint density at radius 3 is 2.23 bits per heavy atom. The van der Waals surface area contributed by atoms with E-state index in [0.29, 0.717) is 24.1 Å². The molecular weight excluding hydrogens is 388 g/mol. The number of likely N-dealkylation sites (tertiary alicyclic amines) is 1. The Morgan fingerprint density at radius 2 is 1.58 bits per heavy atom. The van der Waals surface area contributed by atoms with E-state index in [1.165, 1.54) is 4.90 Å². The molecule has 3 aromatic rings. The number of carbonyl (C=O) groups is 2. The van der Waals surface area contributed by atoms with Gasteiger partial charge in [0.2, 0.25) is 0 Å². The number of aliphatic hydroxyl groups excluding tert-OH is 1. The fraction of sp³-hybridized carbons (Fsp3) is 0.308. The SMILES string of the molecule is O=C1c2cccc3cccc(c23)C(=O)N1[C@@H](Cc1ccccc1)CN1CCC[C@H]1CO. The van der Waals surface area contributed by atoms with Crippen molar-refractivity contribution >= 4 is 22.6 Å². The molecule has 158 valence electrons. The second-order valence-corrected chi connectivity index (χ2v) is 8.51.